The van der Waals surface area contributed by atoms with Crippen molar-refractivity contribution in [1.82, 2.24) is 5.32 Å². The number of carbonyl (C=O) groups is 2. The number of carboxylic acids is 1. The van der Waals surface area contributed by atoms with Crippen molar-refractivity contribution in [2.75, 3.05) is 6.61 Å². The maximum Gasteiger partial charge on any atom is 0.407 e. The van der Waals surface area contributed by atoms with Gasteiger partial charge in [-0.2, -0.15) is 0 Å². The van der Waals surface area contributed by atoms with Crippen LogP contribution in [0.1, 0.15) is 46.2 Å². The van der Waals surface area contributed by atoms with Crippen LogP contribution in [-0.4, -0.2) is 23.8 Å². The monoisotopic (exact) mass is 415 g/mol. The van der Waals surface area contributed by atoms with Crippen LogP contribution in [0.4, 0.5) is 4.79 Å². The third kappa shape index (κ3) is 4.17. The Hall–Kier alpha value is -3.60. The van der Waals surface area contributed by atoms with Gasteiger partial charge in [-0.15, -0.1) is 0 Å². The molecule has 1 aliphatic rings. The molecule has 31 heavy (non-hydrogen) atoms. The Morgan fingerprint density at radius 1 is 0.935 bits per heavy atom. The van der Waals surface area contributed by atoms with Crippen LogP contribution in [0.25, 0.3) is 11.1 Å². The lowest BCUT2D eigenvalue weighted by molar-refractivity contribution is -0.137. The number of carboxylic acid groups (broad SMARTS) is 1. The van der Waals surface area contributed by atoms with E-state index in [9.17, 15) is 14.7 Å². The molecule has 5 nitrogen and oxygen atoms in total. The first-order valence-electron chi connectivity index (χ1n) is 10.3. The predicted octanol–water partition coefficient (Wildman–Crippen LogP) is 5.36. The largest absolute Gasteiger partial charge is 0.481 e. The highest BCUT2D eigenvalue weighted by Crippen LogP contribution is 2.44. The molecule has 158 valence electrons. The lowest BCUT2D eigenvalue weighted by Gasteiger charge is -2.21. The number of alkyl carbamates (subject to hydrolysis) is 1. The number of aryl methyl sites for hydroxylation is 1. The number of carbonyl (C=O) groups excluding carboxylic acids is 1. The van der Waals surface area contributed by atoms with Gasteiger partial charge in [-0.1, -0.05) is 66.7 Å². The average Bonchev–Trinajstić information content (AvgIpc) is 3.07. The molecule has 0 heterocycles. The molecule has 0 saturated carbocycles. The van der Waals surface area contributed by atoms with Crippen molar-refractivity contribution < 1.29 is 19.4 Å². The van der Waals surface area contributed by atoms with E-state index in [0.29, 0.717) is 0 Å². The molecule has 5 heteroatoms. The van der Waals surface area contributed by atoms with E-state index < -0.39 is 18.1 Å². The predicted molar refractivity (Wildman–Crippen MR) is 119 cm³/mol. The Morgan fingerprint density at radius 3 is 2.16 bits per heavy atom. The minimum Gasteiger partial charge on any atom is -0.481 e. The van der Waals surface area contributed by atoms with Crippen LogP contribution in [0.5, 0.6) is 0 Å². The van der Waals surface area contributed by atoms with Crippen molar-refractivity contribution in [3.05, 3.63) is 94.5 Å². The summed E-state index contributed by atoms with van der Waals surface area (Å²) in [4.78, 5) is 24.1. The Morgan fingerprint density at radius 2 is 1.55 bits per heavy atom. The molecule has 0 aromatic heterocycles. The number of rotatable bonds is 6. The lowest BCUT2D eigenvalue weighted by Crippen LogP contribution is -2.32. The zero-order chi connectivity index (χ0) is 22.0. The van der Waals surface area contributed by atoms with E-state index >= 15 is 0 Å². The normalized spacial score (nSPS) is 13.2. The summed E-state index contributed by atoms with van der Waals surface area (Å²) in [6.07, 6.45) is -0.830. The highest BCUT2D eigenvalue weighted by atomic mass is 16.5. The van der Waals surface area contributed by atoms with Gasteiger partial charge in [-0.05, 0) is 52.8 Å². The summed E-state index contributed by atoms with van der Waals surface area (Å²) in [6, 6.07) is 21.3. The molecular weight excluding hydrogens is 390 g/mol. The van der Waals surface area contributed by atoms with Gasteiger partial charge in [0.15, 0.2) is 0 Å². The Kier molecular flexibility index (Phi) is 5.76. The minimum atomic E-state index is -0.982. The maximum atomic E-state index is 12.7. The molecule has 3 aromatic rings. The van der Waals surface area contributed by atoms with Gasteiger partial charge in [-0.25, -0.2) is 4.79 Å². The van der Waals surface area contributed by atoms with E-state index in [2.05, 4.69) is 29.6 Å². The molecule has 0 radical (unpaired) electrons. The van der Waals surface area contributed by atoms with Crippen molar-refractivity contribution in [2.24, 2.45) is 0 Å². The molecule has 1 atom stereocenters. The second kappa shape index (κ2) is 8.64. The van der Waals surface area contributed by atoms with Crippen LogP contribution in [0, 0.1) is 13.8 Å². The minimum absolute atomic E-state index is 0.0446. The van der Waals surface area contributed by atoms with Gasteiger partial charge >= 0.3 is 12.1 Å². The Balaban J connectivity index is 1.50. The standard InChI is InChI=1S/C26H25NO4/c1-16-8-7-13-18(17(16)2)24(14-25(28)29)27-26(30)31-15-23-21-11-5-3-9-19(21)20-10-4-6-12-22(20)23/h3-13,23-24H,14-15H2,1-2H3,(H,27,30)(H,28,29)/t24-/m0/s1. The average molecular weight is 415 g/mol. The number of hydrogen-bond donors (Lipinski definition) is 2. The zero-order valence-corrected chi connectivity index (χ0v) is 17.6. The molecule has 0 aliphatic heterocycles. The van der Waals surface area contributed by atoms with Gasteiger partial charge in [0.1, 0.15) is 6.61 Å². The number of hydrogen-bond acceptors (Lipinski definition) is 3. The number of fused-ring (bicyclic) bond motifs is 3. The molecule has 1 aliphatic carbocycles. The third-order valence-electron chi connectivity index (χ3n) is 6.04. The van der Waals surface area contributed by atoms with Gasteiger partial charge in [0, 0.05) is 5.92 Å². The fourth-order valence-electron chi connectivity index (χ4n) is 4.35. The molecule has 0 bridgehead atoms. The molecule has 4 rings (SSSR count). The molecule has 0 fully saturated rings. The van der Waals surface area contributed by atoms with Crippen molar-refractivity contribution in [3.63, 3.8) is 0 Å². The van der Waals surface area contributed by atoms with Crippen LogP contribution in [-0.2, 0) is 9.53 Å². The van der Waals surface area contributed by atoms with E-state index in [-0.39, 0.29) is 18.9 Å². The first-order valence-corrected chi connectivity index (χ1v) is 10.3. The fraction of sp³-hybridized carbons (Fsp3) is 0.231. The zero-order valence-electron chi connectivity index (χ0n) is 17.6. The number of nitrogens with one attached hydrogen (secondary N) is 1. The smallest absolute Gasteiger partial charge is 0.407 e. The number of ether oxygens (including phenoxy) is 1. The van der Waals surface area contributed by atoms with E-state index in [1.54, 1.807) is 0 Å². The quantitative estimate of drug-likeness (QED) is 0.568. The van der Waals surface area contributed by atoms with Crippen molar-refractivity contribution >= 4 is 12.1 Å². The molecule has 0 unspecified atom stereocenters. The van der Waals surface area contributed by atoms with Gasteiger partial charge in [0.2, 0.25) is 0 Å². The first-order chi connectivity index (χ1) is 15.0. The number of amides is 1. The van der Waals surface area contributed by atoms with Crippen LogP contribution < -0.4 is 5.32 Å². The summed E-state index contributed by atoms with van der Waals surface area (Å²) < 4.78 is 5.60. The summed E-state index contributed by atoms with van der Waals surface area (Å²) in [5.74, 6) is -1.03. The van der Waals surface area contributed by atoms with Crippen molar-refractivity contribution in [3.8, 4) is 11.1 Å². The van der Waals surface area contributed by atoms with Gasteiger partial charge in [-0.3, -0.25) is 4.79 Å². The van der Waals surface area contributed by atoms with Gasteiger partial charge in [0.05, 0.1) is 12.5 Å². The Labute approximate surface area is 181 Å². The molecule has 0 saturated heterocycles. The number of aliphatic carboxylic acids is 1. The second-order valence-electron chi connectivity index (χ2n) is 7.91. The van der Waals surface area contributed by atoms with Crippen LogP contribution in [0.3, 0.4) is 0 Å². The van der Waals surface area contributed by atoms with Crippen LogP contribution in [0.15, 0.2) is 66.7 Å². The van der Waals surface area contributed by atoms with Crippen LogP contribution in [0.2, 0.25) is 0 Å². The molecule has 0 spiro atoms. The second-order valence-corrected chi connectivity index (χ2v) is 7.91. The Bertz CT molecular complexity index is 1090. The third-order valence-corrected chi connectivity index (χ3v) is 6.04. The summed E-state index contributed by atoms with van der Waals surface area (Å²) in [7, 11) is 0. The first kappa shape index (κ1) is 20.7. The molecule has 3 aromatic carbocycles. The lowest BCUT2D eigenvalue weighted by atomic mass is 9.95. The van der Waals surface area contributed by atoms with Crippen LogP contribution >= 0.6 is 0 Å². The van der Waals surface area contributed by atoms with E-state index in [1.165, 1.54) is 0 Å². The van der Waals surface area contributed by atoms with Crippen molar-refractivity contribution in [1.29, 1.82) is 0 Å². The van der Waals surface area contributed by atoms with E-state index in [4.69, 9.17) is 4.74 Å². The molecule has 1 amide bonds. The summed E-state index contributed by atoms with van der Waals surface area (Å²) >= 11 is 0. The van der Waals surface area contributed by atoms with Gasteiger partial charge in [0.25, 0.3) is 0 Å². The maximum absolute atomic E-state index is 12.7. The molecular formula is C26H25NO4. The summed E-state index contributed by atoms with van der Waals surface area (Å²) in [6.45, 7) is 4.08. The highest BCUT2D eigenvalue weighted by Gasteiger charge is 2.29. The SMILES string of the molecule is Cc1cccc([C@H](CC(=O)O)NC(=O)OCC2c3ccccc3-c3ccccc32)c1C. The number of benzene rings is 3. The fourth-order valence-corrected chi connectivity index (χ4v) is 4.35. The van der Waals surface area contributed by atoms with E-state index in [0.717, 1.165) is 38.9 Å². The highest BCUT2D eigenvalue weighted by molar-refractivity contribution is 5.79. The topological polar surface area (TPSA) is 75.6 Å². The summed E-state index contributed by atoms with van der Waals surface area (Å²) in [5.41, 5.74) is 7.38. The summed E-state index contributed by atoms with van der Waals surface area (Å²) in [5, 5.41) is 12.1. The molecule has 2 N–H and O–H groups in total. The van der Waals surface area contributed by atoms with E-state index in [1.807, 2.05) is 56.3 Å². The van der Waals surface area contributed by atoms with Crippen molar-refractivity contribution in [2.45, 2.75) is 32.2 Å². The van der Waals surface area contributed by atoms with Gasteiger partial charge < -0.3 is 15.2 Å².